The van der Waals surface area contributed by atoms with Crippen molar-refractivity contribution in [3.8, 4) is 0 Å². The van der Waals surface area contributed by atoms with Crippen LogP contribution in [0.4, 0.5) is 5.69 Å². The Hall–Kier alpha value is -0.500. The number of hydrogen-bond acceptors (Lipinski definition) is 1. The van der Waals surface area contributed by atoms with Gasteiger partial charge in [0.2, 0.25) is 0 Å². The maximum Gasteiger partial charge on any atom is 0.0705 e. The molecule has 2 radical (unpaired) electrons. The molecule has 9 heavy (non-hydrogen) atoms. The number of nitrogens with one attached hydrogen (secondary N) is 1. The lowest BCUT2D eigenvalue weighted by molar-refractivity contribution is 1.57. The van der Waals surface area contributed by atoms with E-state index in [2.05, 4.69) is 21.2 Å². The van der Waals surface area contributed by atoms with Crippen LogP contribution < -0.4 is 5.32 Å². The first-order chi connectivity index (χ1) is 4.33. The third-order valence-electron chi connectivity index (χ3n) is 1.01. The molecule has 0 aliphatic heterocycles. The largest absolute Gasteiger partial charge is 0.378 e. The van der Waals surface area contributed by atoms with Crippen molar-refractivity contribution in [3.63, 3.8) is 0 Å². The highest BCUT2D eigenvalue weighted by Crippen LogP contribution is 2.13. The van der Waals surface area contributed by atoms with Crippen molar-refractivity contribution in [2.75, 3.05) is 5.32 Å². The maximum atomic E-state index is 5.13. The minimum atomic E-state index is 0.915. The topological polar surface area (TPSA) is 12.0 Å². The molecular formula is C7H6BrN. The summed E-state index contributed by atoms with van der Waals surface area (Å²) >= 11 is 3.31. The van der Waals surface area contributed by atoms with Crippen molar-refractivity contribution in [2.45, 2.75) is 0 Å². The zero-order valence-electron chi connectivity index (χ0n) is 4.76. The maximum absolute atomic E-state index is 5.13. The molecule has 0 unspecified atom stereocenters. The molecule has 1 aromatic carbocycles. The molecular weight excluding hydrogens is 178 g/mol. The van der Waals surface area contributed by atoms with Gasteiger partial charge < -0.3 is 5.32 Å². The highest BCUT2D eigenvalue weighted by atomic mass is 79.9. The van der Waals surface area contributed by atoms with Gasteiger partial charge in [0.15, 0.2) is 0 Å². The Bertz CT molecular complexity index is 181. The predicted molar refractivity (Wildman–Crippen MR) is 42.1 cm³/mol. The molecule has 0 spiro atoms. The quantitative estimate of drug-likeness (QED) is 0.661. The Balaban J connectivity index is 2.88. The average molecular weight is 184 g/mol. The predicted octanol–water partition coefficient (Wildman–Crippen LogP) is 2.53. The molecule has 1 rings (SSSR count). The summed E-state index contributed by atoms with van der Waals surface area (Å²) < 4.78 is 1.06. The lowest BCUT2D eigenvalue weighted by Gasteiger charge is -1.96. The monoisotopic (exact) mass is 183 g/mol. The van der Waals surface area contributed by atoms with Crippen LogP contribution in [0.25, 0.3) is 0 Å². The smallest absolute Gasteiger partial charge is 0.0705 e. The van der Waals surface area contributed by atoms with Gasteiger partial charge in [-0.05, 0) is 24.3 Å². The van der Waals surface area contributed by atoms with E-state index < -0.39 is 0 Å². The normalized spacial score (nSPS) is 9.11. The fourth-order valence-corrected chi connectivity index (χ4v) is 0.810. The fourth-order valence-electron chi connectivity index (χ4n) is 0.546. The van der Waals surface area contributed by atoms with Gasteiger partial charge in [-0.25, -0.2) is 0 Å². The standard InChI is InChI=1S/C7H6BrN/c1-9-7-4-2-6(8)3-5-7/h1-5,9H. The van der Waals surface area contributed by atoms with Gasteiger partial charge in [-0.2, -0.15) is 0 Å². The van der Waals surface area contributed by atoms with E-state index in [0.717, 1.165) is 10.2 Å². The van der Waals surface area contributed by atoms with E-state index in [1.54, 1.807) is 0 Å². The van der Waals surface area contributed by atoms with E-state index in [9.17, 15) is 0 Å². The van der Waals surface area contributed by atoms with Gasteiger partial charge in [0.05, 0.1) is 7.05 Å². The van der Waals surface area contributed by atoms with Crippen LogP contribution in [-0.4, -0.2) is 0 Å². The van der Waals surface area contributed by atoms with E-state index in [-0.39, 0.29) is 0 Å². The van der Waals surface area contributed by atoms with Crippen LogP contribution in [0.15, 0.2) is 28.7 Å². The van der Waals surface area contributed by atoms with Crippen LogP contribution in [0.5, 0.6) is 0 Å². The molecule has 46 valence electrons. The fraction of sp³-hybridized carbons (Fsp3) is 0. The number of anilines is 1. The van der Waals surface area contributed by atoms with E-state index >= 15 is 0 Å². The van der Waals surface area contributed by atoms with Gasteiger partial charge in [-0.1, -0.05) is 15.9 Å². The van der Waals surface area contributed by atoms with Gasteiger partial charge in [-0.3, -0.25) is 0 Å². The molecule has 0 saturated carbocycles. The zero-order valence-corrected chi connectivity index (χ0v) is 6.35. The number of benzene rings is 1. The van der Waals surface area contributed by atoms with E-state index in [0.29, 0.717) is 0 Å². The molecule has 0 fully saturated rings. The number of rotatable bonds is 1. The van der Waals surface area contributed by atoms with Crippen molar-refractivity contribution in [2.24, 2.45) is 0 Å². The first kappa shape index (κ1) is 6.62. The van der Waals surface area contributed by atoms with Crippen LogP contribution in [0.1, 0.15) is 0 Å². The third kappa shape index (κ3) is 1.72. The van der Waals surface area contributed by atoms with Gasteiger partial charge in [0.1, 0.15) is 0 Å². The van der Waals surface area contributed by atoms with Crippen molar-refractivity contribution in [1.82, 2.24) is 0 Å². The molecule has 0 atom stereocenters. The first-order valence-electron chi connectivity index (χ1n) is 2.55. The Morgan fingerprint density at radius 2 is 1.78 bits per heavy atom. The van der Waals surface area contributed by atoms with Gasteiger partial charge in [0.25, 0.3) is 0 Å². The molecule has 1 N–H and O–H groups in total. The van der Waals surface area contributed by atoms with Crippen molar-refractivity contribution >= 4 is 21.6 Å². The summed E-state index contributed by atoms with van der Waals surface area (Å²) in [5.74, 6) is 0. The molecule has 1 aromatic rings. The summed E-state index contributed by atoms with van der Waals surface area (Å²) in [7, 11) is 5.13. The van der Waals surface area contributed by atoms with Crippen LogP contribution in [0, 0.1) is 7.05 Å². The SMILES string of the molecule is [CH]Nc1ccc(Br)cc1. The summed E-state index contributed by atoms with van der Waals surface area (Å²) in [5, 5.41) is 2.53. The Morgan fingerprint density at radius 1 is 1.22 bits per heavy atom. The lowest BCUT2D eigenvalue weighted by Crippen LogP contribution is -1.81. The summed E-state index contributed by atoms with van der Waals surface area (Å²) in [6.45, 7) is 0. The second-order valence-corrected chi connectivity index (χ2v) is 2.57. The third-order valence-corrected chi connectivity index (χ3v) is 1.54. The molecule has 0 bridgehead atoms. The second-order valence-electron chi connectivity index (χ2n) is 1.65. The summed E-state index contributed by atoms with van der Waals surface area (Å²) in [6.07, 6.45) is 0. The van der Waals surface area contributed by atoms with Crippen molar-refractivity contribution in [1.29, 1.82) is 0 Å². The highest BCUT2D eigenvalue weighted by Gasteiger charge is 1.85. The molecule has 0 saturated heterocycles. The summed E-state index contributed by atoms with van der Waals surface area (Å²) in [6, 6.07) is 7.64. The van der Waals surface area contributed by atoms with Crippen LogP contribution >= 0.6 is 15.9 Å². The van der Waals surface area contributed by atoms with Crippen LogP contribution in [-0.2, 0) is 0 Å². The van der Waals surface area contributed by atoms with E-state index in [1.807, 2.05) is 24.3 Å². The van der Waals surface area contributed by atoms with E-state index in [1.165, 1.54) is 0 Å². The minimum Gasteiger partial charge on any atom is -0.378 e. The van der Waals surface area contributed by atoms with Gasteiger partial charge in [-0.15, -0.1) is 0 Å². The molecule has 0 heterocycles. The Kier molecular flexibility index (Phi) is 2.11. The number of hydrogen-bond donors (Lipinski definition) is 1. The average Bonchev–Trinajstić information content (AvgIpc) is 1.90. The van der Waals surface area contributed by atoms with Crippen LogP contribution in [0.3, 0.4) is 0 Å². The Labute approximate surface area is 63.2 Å². The van der Waals surface area contributed by atoms with Crippen LogP contribution in [0.2, 0.25) is 0 Å². The molecule has 0 aromatic heterocycles. The van der Waals surface area contributed by atoms with Gasteiger partial charge >= 0.3 is 0 Å². The molecule has 2 heteroatoms. The van der Waals surface area contributed by atoms with Crippen molar-refractivity contribution < 1.29 is 0 Å². The lowest BCUT2D eigenvalue weighted by atomic mass is 10.3. The minimum absolute atomic E-state index is 0.915. The summed E-state index contributed by atoms with van der Waals surface area (Å²) in [5.41, 5.74) is 0.915. The summed E-state index contributed by atoms with van der Waals surface area (Å²) in [4.78, 5) is 0. The zero-order chi connectivity index (χ0) is 6.69. The first-order valence-corrected chi connectivity index (χ1v) is 3.34. The molecule has 0 aliphatic carbocycles. The Morgan fingerprint density at radius 3 is 2.22 bits per heavy atom. The van der Waals surface area contributed by atoms with E-state index in [4.69, 9.17) is 7.05 Å². The molecule has 0 amide bonds. The second kappa shape index (κ2) is 2.87. The molecule has 1 nitrogen and oxygen atoms in total. The van der Waals surface area contributed by atoms with Crippen molar-refractivity contribution in [3.05, 3.63) is 35.8 Å². The van der Waals surface area contributed by atoms with Gasteiger partial charge in [0, 0.05) is 10.2 Å². The highest BCUT2D eigenvalue weighted by molar-refractivity contribution is 9.10. The molecule has 0 aliphatic rings. The number of halogens is 1.